The molecule has 0 bridgehead atoms. The maximum absolute atomic E-state index is 6.55. The van der Waals surface area contributed by atoms with E-state index in [4.69, 9.17) is 14.4 Å². The fourth-order valence-corrected chi connectivity index (χ4v) is 8.57. The first kappa shape index (κ1) is 36.0. The van der Waals surface area contributed by atoms with Crippen molar-refractivity contribution in [3.63, 3.8) is 0 Å². The Morgan fingerprint density at radius 2 is 0.820 bits per heavy atom. The molecule has 9 aromatic carbocycles. The topological polar surface area (TPSA) is 49.9 Å². The minimum atomic E-state index is -0.327. The predicted octanol–water partition coefficient (Wildman–Crippen LogP) is 14.4. The molecular weight excluding hydrogens is 743 g/mol. The summed E-state index contributed by atoms with van der Waals surface area (Å²) in [5.74, 6) is 1.43. The summed E-state index contributed by atoms with van der Waals surface area (Å²) in [5.41, 5.74) is 16.3. The second kappa shape index (κ2) is 15.6. The molecule has 1 N–H and O–H groups in total. The van der Waals surface area contributed by atoms with Crippen LogP contribution in [0.1, 0.15) is 22.9 Å². The van der Waals surface area contributed by atoms with E-state index < -0.39 is 0 Å². The molecule has 1 aliphatic heterocycles. The van der Waals surface area contributed by atoms with Gasteiger partial charge < -0.3 is 9.73 Å². The highest BCUT2D eigenvalue weighted by Crippen LogP contribution is 2.40. The fourth-order valence-electron chi connectivity index (χ4n) is 8.57. The van der Waals surface area contributed by atoms with Crippen molar-refractivity contribution in [3.05, 3.63) is 241 Å². The van der Waals surface area contributed by atoms with Gasteiger partial charge in [-0.3, -0.25) is 0 Å². The van der Waals surface area contributed by atoms with E-state index in [0.29, 0.717) is 5.84 Å². The van der Waals surface area contributed by atoms with Crippen LogP contribution >= 0.6 is 0 Å². The molecule has 11 rings (SSSR count). The molecule has 1 atom stereocenters. The summed E-state index contributed by atoms with van der Waals surface area (Å²) in [5, 5.41) is 5.65. The van der Waals surface area contributed by atoms with E-state index in [0.717, 1.165) is 66.7 Å². The van der Waals surface area contributed by atoms with E-state index in [-0.39, 0.29) is 6.17 Å². The second-order valence-corrected chi connectivity index (χ2v) is 15.3. The second-order valence-electron chi connectivity index (χ2n) is 15.3. The number of hydrogen-bond acceptors (Lipinski definition) is 4. The molecule has 0 amide bonds. The van der Waals surface area contributed by atoms with Crippen molar-refractivity contribution in [2.24, 2.45) is 9.98 Å². The average molecular weight is 782 g/mol. The van der Waals surface area contributed by atoms with Gasteiger partial charge in [0.15, 0.2) is 5.84 Å². The van der Waals surface area contributed by atoms with Crippen molar-refractivity contribution >= 4 is 33.6 Å². The molecule has 1 aromatic heterocycles. The monoisotopic (exact) mass is 781 g/mol. The lowest BCUT2D eigenvalue weighted by Crippen LogP contribution is -2.33. The molecule has 288 valence electrons. The molecule has 0 aliphatic carbocycles. The summed E-state index contributed by atoms with van der Waals surface area (Å²) in [7, 11) is 0. The highest BCUT2D eigenvalue weighted by molar-refractivity contribution is 6.22. The van der Waals surface area contributed by atoms with Crippen molar-refractivity contribution in [1.29, 1.82) is 0 Å². The van der Waals surface area contributed by atoms with E-state index in [1.807, 2.05) is 24.3 Å². The maximum atomic E-state index is 6.55. The number of nitrogens with one attached hydrogen (secondary N) is 1. The third kappa shape index (κ3) is 6.90. The minimum Gasteiger partial charge on any atom is -0.456 e. The lowest BCUT2D eigenvalue weighted by Gasteiger charge is -2.24. The predicted molar refractivity (Wildman–Crippen MR) is 253 cm³/mol. The third-order valence-corrected chi connectivity index (χ3v) is 11.6. The normalized spacial score (nSPS) is 13.7. The van der Waals surface area contributed by atoms with E-state index in [1.54, 1.807) is 0 Å². The molecule has 0 radical (unpaired) electrons. The average Bonchev–Trinajstić information content (AvgIpc) is 3.73. The maximum Gasteiger partial charge on any atom is 0.160 e. The molecule has 4 nitrogen and oxygen atoms in total. The van der Waals surface area contributed by atoms with Gasteiger partial charge in [0, 0.05) is 21.9 Å². The molecule has 1 unspecified atom stereocenters. The quantitative estimate of drug-likeness (QED) is 0.167. The zero-order valence-corrected chi connectivity index (χ0v) is 33.2. The highest BCUT2D eigenvalue weighted by atomic mass is 16.3. The van der Waals surface area contributed by atoms with Crippen LogP contribution in [0.3, 0.4) is 0 Å². The zero-order valence-electron chi connectivity index (χ0n) is 33.2. The first-order valence-corrected chi connectivity index (χ1v) is 20.7. The number of rotatable bonds is 8. The van der Waals surface area contributed by atoms with Crippen molar-refractivity contribution in [3.8, 4) is 55.6 Å². The molecule has 1 aliphatic rings. The molecule has 61 heavy (non-hydrogen) atoms. The van der Waals surface area contributed by atoms with Gasteiger partial charge in [-0.2, -0.15) is 0 Å². The van der Waals surface area contributed by atoms with Crippen LogP contribution in [0, 0.1) is 0 Å². The Hall–Kier alpha value is -8.08. The molecule has 0 saturated heterocycles. The van der Waals surface area contributed by atoms with Gasteiger partial charge in [0.25, 0.3) is 0 Å². The van der Waals surface area contributed by atoms with Gasteiger partial charge in [0.05, 0.1) is 0 Å². The molecule has 0 saturated carbocycles. The lowest BCUT2D eigenvalue weighted by molar-refractivity contribution is 0.668. The van der Waals surface area contributed by atoms with Gasteiger partial charge in [0.1, 0.15) is 23.2 Å². The van der Waals surface area contributed by atoms with Crippen LogP contribution < -0.4 is 5.32 Å². The summed E-state index contributed by atoms with van der Waals surface area (Å²) in [6.45, 7) is 0. The Morgan fingerprint density at radius 3 is 1.44 bits per heavy atom. The molecule has 0 fully saturated rings. The SMILES string of the molecule is c1ccc(-c2ccc(C3=NC(c4cccc5oc6ccc(-c7ccccc7-c7ccc(-c8ccccc8-c8ccccc8)cc7)cc6c45)=NC(c4ccccc4)N3)cc2)cc1. The molecule has 0 spiro atoms. The van der Waals surface area contributed by atoms with Crippen molar-refractivity contribution < 1.29 is 4.42 Å². The minimum absolute atomic E-state index is 0.327. The van der Waals surface area contributed by atoms with E-state index in [2.05, 4.69) is 206 Å². The van der Waals surface area contributed by atoms with E-state index in [1.165, 1.54) is 33.4 Å². The van der Waals surface area contributed by atoms with Gasteiger partial charge in [-0.1, -0.05) is 206 Å². The van der Waals surface area contributed by atoms with E-state index >= 15 is 0 Å². The number of furan rings is 1. The summed E-state index contributed by atoms with van der Waals surface area (Å²) in [6.07, 6.45) is -0.327. The number of hydrogen-bond donors (Lipinski definition) is 1. The number of fused-ring (bicyclic) bond motifs is 3. The first-order valence-electron chi connectivity index (χ1n) is 20.7. The Morgan fingerprint density at radius 1 is 0.361 bits per heavy atom. The van der Waals surface area contributed by atoms with Gasteiger partial charge >= 0.3 is 0 Å². The fraction of sp³-hybridized carbons (Fsp3) is 0.0175. The summed E-state index contributed by atoms with van der Waals surface area (Å²) in [4.78, 5) is 10.5. The summed E-state index contributed by atoms with van der Waals surface area (Å²) in [6, 6.07) is 78.9. The number of aliphatic imine (C=N–C) groups is 2. The zero-order chi connectivity index (χ0) is 40.5. The highest BCUT2D eigenvalue weighted by Gasteiger charge is 2.24. The van der Waals surface area contributed by atoms with Crippen molar-refractivity contribution in [1.82, 2.24) is 5.32 Å². The van der Waals surface area contributed by atoms with Gasteiger partial charge in [-0.15, -0.1) is 0 Å². The van der Waals surface area contributed by atoms with Gasteiger partial charge in [-0.25, -0.2) is 9.98 Å². The Bertz CT molecular complexity index is 3240. The molecule has 4 heteroatoms. The summed E-state index contributed by atoms with van der Waals surface area (Å²) >= 11 is 0. The van der Waals surface area contributed by atoms with Crippen LogP contribution in [0.25, 0.3) is 77.6 Å². The van der Waals surface area contributed by atoms with E-state index in [9.17, 15) is 0 Å². The smallest absolute Gasteiger partial charge is 0.160 e. The Labute approximate surface area is 354 Å². The van der Waals surface area contributed by atoms with Crippen molar-refractivity contribution in [2.75, 3.05) is 0 Å². The molecule has 10 aromatic rings. The van der Waals surface area contributed by atoms with Crippen LogP contribution in [0.5, 0.6) is 0 Å². The number of amidine groups is 2. The Balaban J connectivity index is 0.986. The third-order valence-electron chi connectivity index (χ3n) is 11.6. The van der Waals surface area contributed by atoms with Gasteiger partial charge in [-0.05, 0) is 79.4 Å². The standard InChI is InChI=1S/C57H39N3O/c1-4-15-38(16-5-1)39-27-33-44(34-28-39)56-58-55(43-19-8-3-9-20-43)59-57(60-56)50-25-14-26-53-54(50)51-37-45(35-36-52(51)61-53)49-24-13-12-23-48(49)42-31-29-41(30-32-42)47-22-11-10-21-46(47)40-17-6-2-7-18-40/h1-37,55H,(H,58,59,60). The molecular formula is C57H39N3O. The Kier molecular flexibility index (Phi) is 9.21. The number of nitrogens with zero attached hydrogens (tertiary/aromatic N) is 2. The largest absolute Gasteiger partial charge is 0.456 e. The van der Waals surface area contributed by atoms with Crippen molar-refractivity contribution in [2.45, 2.75) is 6.17 Å². The number of benzene rings is 9. The first-order chi connectivity index (χ1) is 30.2. The van der Waals surface area contributed by atoms with Crippen LogP contribution in [0.2, 0.25) is 0 Å². The van der Waals surface area contributed by atoms with Crippen LogP contribution in [0.15, 0.2) is 239 Å². The van der Waals surface area contributed by atoms with Gasteiger partial charge in [0.2, 0.25) is 0 Å². The lowest BCUT2D eigenvalue weighted by atomic mass is 9.91. The van der Waals surface area contributed by atoms with Crippen LogP contribution in [-0.4, -0.2) is 11.7 Å². The summed E-state index contributed by atoms with van der Waals surface area (Å²) < 4.78 is 6.55. The van der Waals surface area contributed by atoms with Crippen LogP contribution in [0.4, 0.5) is 0 Å². The van der Waals surface area contributed by atoms with Crippen LogP contribution in [-0.2, 0) is 0 Å². The molecule has 2 heterocycles.